The Morgan fingerprint density at radius 1 is 1.47 bits per heavy atom. The Labute approximate surface area is 122 Å². The van der Waals surface area contributed by atoms with Gasteiger partial charge < -0.3 is 10.1 Å². The highest BCUT2D eigenvalue weighted by atomic mass is 35.5. The van der Waals surface area contributed by atoms with Crippen molar-refractivity contribution in [3.8, 4) is 0 Å². The van der Waals surface area contributed by atoms with Crippen LogP contribution in [0.25, 0.3) is 0 Å². The van der Waals surface area contributed by atoms with E-state index in [1.54, 1.807) is 18.4 Å². The standard InChI is InChI=1S/C13H18ClN3OS/c1-10-11(7-15-5-6-18-2)8-16-17(10)9-12-3-4-13(14)19-12/h3-4,8,15H,5-7,9H2,1-2H3. The molecule has 0 bridgehead atoms. The second-order valence-electron chi connectivity index (χ2n) is 4.29. The summed E-state index contributed by atoms with van der Waals surface area (Å²) in [7, 11) is 1.71. The van der Waals surface area contributed by atoms with Crippen molar-refractivity contribution in [3.05, 3.63) is 38.8 Å². The second-order valence-corrected chi connectivity index (χ2v) is 6.09. The molecule has 104 valence electrons. The molecule has 1 N–H and O–H groups in total. The van der Waals surface area contributed by atoms with Gasteiger partial charge in [0.2, 0.25) is 0 Å². The van der Waals surface area contributed by atoms with Gasteiger partial charge in [-0.2, -0.15) is 5.10 Å². The zero-order valence-electron chi connectivity index (χ0n) is 11.1. The van der Waals surface area contributed by atoms with Crippen LogP contribution in [0, 0.1) is 6.92 Å². The van der Waals surface area contributed by atoms with E-state index >= 15 is 0 Å². The Balaban J connectivity index is 1.94. The Morgan fingerprint density at radius 2 is 2.32 bits per heavy atom. The van der Waals surface area contributed by atoms with Crippen LogP contribution >= 0.6 is 22.9 Å². The van der Waals surface area contributed by atoms with Crippen LogP contribution in [-0.2, 0) is 17.8 Å². The summed E-state index contributed by atoms with van der Waals surface area (Å²) in [5.74, 6) is 0. The largest absolute Gasteiger partial charge is 0.383 e. The van der Waals surface area contributed by atoms with Gasteiger partial charge in [0.1, 0.15) is 0 Å². The SMILES string of the molecule is COCCNCc1cnn(Cc2ccc(Cl)s2)c1C. The molecule has 4 nitrogen and oxygen atoms in total. The van der Waals surface area contributed by atoms with Crippen LogP contribution < -0.4 is 5.32 Å². The number of halogens is 1. The van der Waals surface area contributed by atoms with E-state index in [9.17, 15) is 0 Å². The fraction of sp³-hybridized carbons (Fsp3) is 0.462. The number of nitrogens with one attached hydrogen (secondary N) is 1. The zero-order chi connectivity index (χ0) is 13.7. The quantitative estimate of drug-likeness (QED) is 0.799. The molecule has 0 aliphatic carbocycles. The molecule has 2 aromatic heterocycles. The molecule has 19 heavy (non-hydrogen) atoms. The third-order valence-corrected chi connectivity index (χ3v) is 4.15. The number of thiophene rings is 1. The van der Waals surface area contributed by atoms with Gasteiger partial charge in [-0.1, -0.05) is 11.6 Å². The Kier molecular flexibility index (Phi) is 5.39. The van der Waals surface area contributed by atoms with E-state index < -0.39 is 0 Å². The van der Waals surface area contributed by atoms with E-state index in [1.807, 2.05) is 23.0 Å². The minimum absolute atomic E-state index is 0.723. The molecular formula is C13H18ClN3OS. The normalized spacial score (nSPS) is 11.1. The number of aromatic nitrogens is 2. The number of rotatable bonds is 7. The molecule has 0 fully saturated rings. The van der Waals surface area contributed by atoms with E-state index in [4.69, 9.17) is 16.3 Å². The molecule has 0 aliphatic heterocycles. The Hall–Kier alpha value is -0.880. The van der Waals surface area contributed by atoms with Gasteiger partial charge in [0.25, 0.3) is 0 Å². The van der Waals surface area contributed by atoms with Gasteiger partial charge in [0.15, 0.2) is 0 Å². The first-order chi connectivity index (χ1) is 9.20. The highest BCUT2D eigenvalue weighted by Gasteiger charge is 2.07. The summed E-state index contributed by atoms with van der Waals surface area (Å²) < 4.78 is 7.83. The Bertz CT molecular complexity index is 524. The summed E-state index contributed by atoms with van der Waals surface area (Å²) in [5, 5.41) is 7.76. The smallest absolute Gasteiger partial charge is 0.0931 e. The first kappa shape index (κ1) is 14.5. The molecular weight excluding hydrogens is 282 g/mol. The number of ether oxygens (including phenoxy) is 1. The lowest BCUT2D eigenvalue weighted by atomic mass is 10.2. The van der Waals surface area contributed by atoms with E-state index in [2.05, 4.69) is 17.3 Å². The molecule has 2 rings (SSSR count). The highest BCUT2D eigenvalue weighted by Crippen LogP contribution is 2.22. The van der Waals surface area contributed by atoms with Crippen molar-refractivity contribution < 1.29 is 4.74 Å². The predicted octanol–water partition coefficient (Wildman–Crippen LogP) is 2.69. The average molecular weight is 300 g/mol. The van der Waals surface area contributed by atoms with Crippen LogP contribution in [0.5, 0.6) is 0 Å². The molecule has 2 heterocycles. The second kappa shape index (κ2) is 7.05. The van der Waals surface area contributed by atoms with Crippen LogP contribution in [0.15, 0.2) is 18.3 Å². The lowest BCUT2D eigenvalue weighted by Gasteiger charge is -2.05. The van der Waals surface area contributed by atoms with Gasteiger partial charge in [-0.25, -0.2) is 0 Å². The monoisotopic (exact) mass is 299 g/mol. The van der Waals surface area contributed by atoms with Crippen molar-refractivity contribution in [3.63, 3.8) is 0 Å². The van der Waals surface area contributed by atoms with Crippen LogP contribution in [-0.4, -0.2) is 30.0 Å². The van der Waals surface area contributed by atoms with Gasteiger partial charge in [-0.3, -0.25) is 4.68 Å². The van der Waals surface area contributed by atoms with E-state index in [1.165, 1.54) is 16.1 Å². The maximum Gasteiger partial charge on any atom is 0.0931 e. The summed E-state index contributed by atoms with van der Waals surface area (Å²) in [6.07, 6.45) is 1.92. The third-order valence-electron chi connectivity index (χ3n) is 2.94. The number of methoxy groups -OCH3 is 1. The van der Waals surface area contributed by atoms with Crippen molar-refractivity contribution in [1.29, 1.82) is 0 Å². The maximum atomic E-state index is 5.94. The highest BCUT2D eigenvalue weighted by molar-refractivity contribution is 7.16. The van der Waals surface area contributed by atoms with Crippen molar-refractivity contribution in [2.45, 2.75) is 20.0 Å². The van der Waals surface area contributed by atoms with Crippen LogP contribution in [0.1, 0.15) is 16.1 Å². The lowest BCUT2D eigenvalue weighted by Crippen LogP contribution is -2.18. The average Bonchev–Trinajstić information content (AvgIpc) is 2.95. The van der Waals surface area contributed by atoms with Gasteiger partial charge in [-0.05, 0) is 19.1 Å². The fourth-order valence-corrected chi connectivity index (χ4v) is 2.87. The molecule has 0 saturated heterocycles. The van der Waals surface area contributed by atoms with Crippen molar-refractivity contribution in [2.24, 2.45) is 0 Å². The van der Waals surface area contributed by atoms with Gasteiger partial charge in [0.05, 0.1) is 23.7 Å². The maximum absolute atomic E-state index is 5.94. The molecule has 0 saturated carbocycles. The summed E-state index contributed by atoms with van der Waals surface area (Å²) in [6.45, 7) is 5.26. The number of hydrogen-bond donors (Lipinski definition) is 1. The number of nitrogens with zero attached hydrogens (tertiary/aromatic N) is 2. The molecule has 0 atom stereocenters. The molecule has 0 amide bonds. The van der Waals surface area contributed by atoms with Gasteiger partial charge in [0, 0.05) is 36.3 Å². The molecule has 6 heteroatoms. The summed E-state index contributed by atoms with van der Waals surface area (Å²) in [6, 6.07) is 3.97. The lowest BCUT2D eigenvalue weighted by molar-refractivity contribution is 0.199. The topological polar surface area (TPSA) is 39.1 Å². The summed E-state index contributed by atoms with van der Waals surface area (Å²) in [4.78, 5) is 1.22. The first-order valence-electron chi connectivity index (χ1n) is 6.16. The van der Waals surface area contributed by atoms with Crippen LogP contribution in [0.3, 0.4) is 0 Å². The molecule has 0 spiro atoms. The minimum Gasteiger partial charge on any atom is -0.383 e. The fourth-order valence-electron chi connectivity index (χ4n) is 1.80. The molecule has 0 aromatic carbocycles. The van der Waals surface area contributed by atoms with Crippen LogP contribution in [0.4, 0.5) is 0 Å². The summed E-state index contributed by atoms with van der Waals surface area (Å²) in [5.41, 5.74) is 2.41. The molecule has 0 radical (unpaired) electrons. The first-order valence-corrected chi connectivity index (χ1v) is 7.35. The van der Waals surface area contributed by atoms with Gasteiger partial charge >= 0.3 is 0 Å². The van der Waals surface area contributed by atoms with Crippen molar-refractivity contribution in [2.75, 3.05) is 20.3 Å². The molecule has 2 aromatic rings. The van der Waals surface area contributed by atoms with E-state index in [-0.39, 0.29) is 0 Å². The molecule has 0 unspecified atom stereocenters. The van der Waals surface area contributed by atoms with Crippen molar-refractivity contribution in [1.82, 2.24) is 15.1 Å². The number of hydrogen-bond acceptors (Lipinski definition) is 4. The summed E-state index contributed by atoms with van der Waals surface area (Å²) >= 11 is 7.53. The van der Waals surface area contributed by atoms with Crippen molar-refractivity contribution >= 4 is 22.9 Å². The molecule has 0 aliphatic rings. The predicted molar refractivity (Wildman–Crippen MR) is 79.0 cm³/mol. The minimum atomic E-state index is 0.723. The van der Waals surface area contributed by atoms with Gasteiger partial charge in [-0.15, -0.1) is 11.3 Å². The Morgan fingerprint density at radius 3 is 3.00 bits per heavy atom. The van der Waals surface area contributed by atoms with Crippen LogP contribution in [0.2, 0.25) is 4.34 Å². The zero-order valence-corrected chi connectivity index (χ0v) is 12.7. The van der Waals surface area contributed by atoms with E-state index in [0.717, 1.165) is 30.6 Å². The third kappa shape index (κ3) is 4.04. The van der Waals surface area contributed by atoms with E-state index in [0.29, 0.717) is 0 Å².